The Morgan fingerprint density at radius 3 is 1.46 bits per heavy atom. The first-order chi connectivity index (χ1) is 5.91. The van der Waals surface area contributed by atoms with E-state index in [1.54, 1.807) is 0 Å². The predicted molar refractivity (Wildman–Crippen MR) is 39.2 cm³/mol. The van der Waals surface area contributed by atoms with Crippen LogP contribution in [0.4, 0.5) is 0 Å². The lowest BCUT2D eigenvalue weighted by atomic mass is 11.1. The molecule has 0 spiro atoms. The predicted octanol–water partition coefficient (Wildman–Crippen LogP) is -1.00. The van der Waals surface area contributed by atoms with E-state index >= 15 is 0 Å². The van der Waals surface area contributed by atoms with Crippen LogP contribution in [0.25, 0.3) is 0 Å². The third kappa shape index (κ3) is 6.77. The molecule has 0 fully saturated rings. The highest BCUT2D eigenvalue weighted by molar-refractivity contribution is 7.62. The molecule has 9 nitrogen and oxygen atoms in total. The maximum Gasteiger partial charge on any atom is 0.332 e. The number of hydrogen-bond acceptors (Lipinski definition) is 7. The van der Waals surface area contributed by atoms with Crippen molar-refractivity contribution in [2.45, 2.75) is 0 Å². The molecule has 2 N–H and O–H groups in total. The number of amidine groups is 2. The molecule has 0 saturated carbocycles. The monoisotopic (exact) mass is 226 g/mol. The van der Waals surface area contributed by atoms with Gasteiger partial charge in [0, 0.05) is 0 Å². The van der Waals surface area contributed by atoms with Crippen LogP contribution in [0.2, 0.25) is 0 Å². The number of ether oxygens (including phenoxy) is 1. The van der Waals surface area contributed by atoms with Crippen molar-refractivity contribution in [3.8, 4) is 0 Å². The van der Waals surface area contributed by atoms with Crippen molar-refractivity contribution in [3.63, 3.8) is 0 Å². The van der Waals surface area contributed by atoms with Gasteiger partial charge in [0.25, 0.3) is 0 Å². The van der Waals surface area contributed by atoms with Crippen molar-refractivity contribution >= 4 is 33.0 Å². The van der Waals surface area contributed by atoms with Crippen LogP contribution in [0.15, 0.2) is 8.73 Å². The zero-order chi connectivity index (χ0) is 10.4. The van der Waals surface area contributed by atoms with Gasteiger partial charge in [0.15, 0.2) is 0 Å². The number of nitrogens with one attached hydrogen (secondary N) is 2. The standard InChI is InChI=1S/C2H2N4O5S2/c3-1(5-12(7)8)11-2(4)6-13(9)10/h3-4H. The molecule has 0 aliphatic carbocycles. The molecule has 11 heteroatoms. The SMILES string of the molecule is N=C(N=S(=O)=O)OC(=N)N=S(=O)=O. The highest BCUT2D eigenvalue weighted by atomic mass is 32.2. The highest BCUT2D eigenvalue weighted by Crippen LogP contribution is 1.84. The molecule has 0 amide bonds. The van der Waals surface area contributed by atoms with Gasteiger partial charge in [0.1, 0.15) is 0 Å². The van der Waals surface area contributed by atoms with E-state index in [0.717, 1.165) is 0 Å². The van der Waals surface area contributed by atoms with Gasteiger partial charge in [0.2, 0.25) is 0 Å². The zero-order valence-electron chi connectivity index (χ0n) is 5.75. The van der Waals surface area contributed by atoms with E-state index in [9.17, 15) is 16.8 Å². The number of rotatable bonds is 0. The third-order valence-electron chi connectivity index (χ3n) is 0.508. The fourth-order valence-electron chi connectivity index (χ4n) is 0.264. The van der Waals surface area contributed by atoms with Gasteiger partial charge in [0.05, 0.1) is 0 Å². The second-order valence-electron chi connectivity index (χ2n) is 1.33. The van der Waals surface area contributed by atoms with Gasteiger partial charge >= 0.3 is 33.0 Å². The number of hydrogen-bond donors (Lipinski definition) is 2. The summed E-state index contributed by atoms with van der Waals surface area (Å²) in [5.41, 5.74) is 0. The molecule has 0 radical (unpaired) electrons. The second kappa shape index (κ2) is 5.10. The molecule has 0 aliphatic rings. The normalized spacial score (nSPS) is 8.31. The van der Waals surface area contributed by atoms with E-state index in [4.69, 9.17) is 10.8 Å². The van der Waals surface area contributed by atoms with E-state index in [0.29, 0.717) is 0 Å². The minimum absolute atomic E-state index is 1.15. The number of nitrogens with zero attached hydrogens (tertiary/aromatic N) is 2. The van der Waals surface area contributed by atoms with Crippen molar-refractivity contribution in [1.29, 1.82) is 10.8 Å². The molecule has 0 rings (SSSR count). The van der Waals surface area contributed by atoms with Gasteiger partial charge in [-0.3, -0.25) is 0 Å². The van der Waals surface area contributed by atoms with Crippen molar-refractivity contribution in [1.82, 2.24) is 0 Å². The molecule has 0 aromatic rings. The van der Waals surface area contributed by atoms with Gasteiger partial charge in [-0.15, -0.1) is 0 Å². The first-order valence-corrected chi connectivity index (χ1v) is 4.45. The van der Waals surface area contributed by atoms with Crippen LogP contribution in [0.1, 0.15) is 0 Å². The zero-order valence-corrected chi connectivity index (χ0v) is 7.39. The van der Waals surface area contributed by atoms with E-state index < -0.39 is 33.0 Å². The molecule has 0 unspecified atom stereocenters. The lowest BCUT2D eigenvalue weighted by Crippen LogP contribution is -2.05. The van der Waals surface area contributed by atoms with Crippen LogP contribution in [-0.2, 0) is 25.7 Å². The Morgan fingerprint density at radius 2 is 1.23 bits per heavy atom. The summed E-state index contributed by atoms with van der Waals surface area (Å²) in [5.74, 6) is 0. The quantitative estimate of drug-likeness (QED) is 0.401. The molecular formula is C2H2N4O5S2. The Bertz CT molecular complexity index is 421. The van der Waals surface area contributed by atoms with Crippen LogP contribution in [0, 0.1) is 10.8 Å². The van der Waals surface area contributed by atoms with Gasteiger partial charge in [-0.1, -0.05) is 8.73 Å². The average Bonchev–Trinajstić information content (AvgIpc) is 1.80. The fourth-order valence-corrected chi connectivity index (χ4v) is 0.610. The summed E-state index contributed by atoms with van der Waals surface area (Å²) < 4.78 is 48.1. The first kappa shape index (κ1) is 11.4. The van der Waals surface area contributed by atoms with Crippen molar-refractivity contribution < 1.29 is 21.6 Å². The molecule has 0 saturated heterocycles. The molecule has 13 heavy (non-hydrogen) atoms. The molecular weight excluding hydrogens is 224 g/mol. The maximum absolute atomic E-state index is 9.80. The van der Waals surface area contributed by atoms with Crippen LogP contribution in [0.5, 0.6) is 0 Å². The second-order valence-corrected chi connectivity index (χ2v) is 2.56. The lowest BCUT2D eigenvalue weighted by Gasteiger charge is -1.92. The van der Waals surface area contributed by atoms with Crippen LogP contribution >= 0.6 is 0 Å². The smallest absolute Gasteiger partial charge is 0.332 e. The molecule has 0 aliphatic heterocycles. The van der Waals surface area contributed by atoms with Crippen molar-refractivity contribution in [2.24, 2.45) is 8.73 Å². The first-order valence-electron chi connectivity index (χ1n) is 2.39. The van der Waals surface area contributed by atoms with Gasteiger partial charge < -0.3 is 4.74 Å². The van der Waals surface area contributed by atoms with Gasteiger partial charge in [-0.05, 0) is 0 Å². The van der Waals surface area contributed by atoms with Gasteiger partial charge in [-0.25, -0.2) is 10.8 Å². The Labute approximate surface area is 74.8 Å². The van der Waals surface area contributed by atoms with E-state index in [-0.39, 0.29) is 0 Å². The topological polar surface area (TPSA) is 150 Å². The summed E-state index contributed by atoms with van der Waals surface area (Å²) in [4.78, 5) is 0. The maximum atomic E-state index is 9.80. The van der Waals surface area contributed by atoms with E-state index in [1.165, 1.54) is 0 Å². The highest BCUT2D eigenvalue weighted by Gasteiger charge is 2.00. The Morgan fingerprint density at radius 1 is 0.923 bits per heavy atom. The van der Waals surface area contributed by atoms with Crippen LogP contribution in [-0.4, -0.2) is 28.9 Å². The van der Waals surface area contributed by atoms with E-state index in [2.05, 4.69) is 13.5 Å². The Kier molecular flexibility index (Phi) is 4.47. The summed E-state index contributed by atoms with van der Waals surface area (Å²) in [7, 11) is -5.78. The van der Waals surface area contributed by atoms with Gasteiger partial charge in [-0.2, -0.15) is 16.8 Å². The summed E-state index contributed by atoms with van der Waals surface area (Å²) in [6.45, 7) is 0. The minimum atomic E-state index is -2.89. The molecule has 0 atom stereocenters. The van der Waals surface area contributed by atoms with Crippen LogP contribution < -0.4 is 0 Å². The van der Waals surface area contributed by atoms with E-state index in [1.807, 2.05) is 0 Å². The Balaban J connectivity index is 4.50. The molecule has 0 aromatic carbocycles. The summed E-state index contributed by atoms with van der Waals surface area (Å²) >= 11 is 0. The van der Waals surface area contributed by atoms with Crippen molar-refractivity contribution in [2.75, 3.05) is 0 Å². The third-order valence-corrected chi connectivity index (χ3v) is 1.14. The minimum Gasteiger partial charge on any atom is -0.388 e. The average molecular weight is 226 g/mol. The summed E-state index contributed by atoms with van der Waals surface area (Å²) in [6, 6.07) is -2.29. The fraction of sp³-hybridized carbons (Fsp3) is 0. The Hall–Kier alpha value is -1.62. The van der Waals surface area contributed by atoms with Crippen molar-refractivity contribution in [3.05, 3.63) is 0 Å². The molecule has 0 bridgehead atoms. The largest absolute Gasteiger partial charge is 0.388 e. The molecule has 72 valence electrons. The molecule has 0 heterocycles. The lowest BCUT2D eigenvalue weighted by molar-refractivity contribution is 0.518. The van der Waals surface area contributed by atoms with Crippen LogP contribution in [0.3, 0.4) is 0 Å². The summed E-state index contributed by atoms with van der Waals surface area (Å²) in [5, 5.41) is 13.2. The summed E-state index contributed by atoms with van der Waals surface area (Å²) in [6.07, 6.45) is 0. The molecule has 0 aromatic heterocycles.